The van der Waals surface area contributed by atoms with Crippen molar-refractivity contribution >= 4 is 0 Å². The average Bonchev–Trinajstić information content (AvgIpc) is 2.19. The van der Waals surface area contributed by atoms with Crippen molar-refractivity contribution in [2.24, 2.45) is 0 Å². The number of nitrogens with zero attached hydrogens (tertiary/aromatic N) is 1. The van der Waals surface area contributed by atoms with Gasteiger partial charge in [-0.05, 0) is 33.0 Å². The molecule has 16 heavy (non-hydrogen) atoms. The minimum Gasteiger partial charge on any atom is -0.492 e. The second-order valence-corrected chi connectivity index (χ2v) is 4.43. The summed E-state index contributed by atoms with van der Waals surface area (Å²) in [5.41, 5.74) is 0.303. The first-order valence-electron chi connectivity index (χ1n) is 5.46. The Morgan fingerprint density at radius 1 is 1.44 bits per heavy atom. The summed E-state index contributed by atoms with van der Waals surface area (Å²) in [5.74, 6) is 0.740. The van der Waals surface area contributed by atoms with E-state index in [-0.39, 0.29) is 0 Å². The summed E-state index contributed by atoms with van der Waals surface area (Å²) in [7, 11) is 1.88. The molecule has 0 amide bonds. The van der Waals surface area contributed by atoms with Crippen molar-refractivity contribution < 1.29 is 9.84 Å². The Morgan fingerprint density at radius 3 is 2.69 bits per heavy atom. The molecule has 2 N–H and O–H groups in total. The summed E-state index contributed by atoms with van der Waals surface area (Å²) in [6.45, 7) is 4.79. The summed E-state index contributed by atoms with van der Waals surface area (Å²) in [4.78, 5) is 4.23. The van der Waals surface area contributed by atoms with Crippen LogP contribution in [0.15, 0.2) is 18.3 Å². The van der Waals surface area contributed by atoms with Crippen molar-refractivity contribution in [2.45, 2.75) is 32.4 Å². The topological polar surface area (TPSA) is 54.4 Å². The van der Waals surface area contributed by atoms with E-state index in [9.17, 15) is 5.11 Å². The largest absolute Gasteiger partial charge is 0.492 e. The van der Waals surface area contributed by atoms with Crippen LogP contribution in [0.3, 0.4) is 0 Å². The van der Waals surface area contributed by atoms with Gasteiger partial charge in [-0.2, -0.15) is 0 Å². The molecule has 0 spiro atoms. The maximum Gasteiger partial charge on any atom is 0.137 e. The molecule has 0 bridgehead atoms. The van der Waals surface area contributed by atoms with Gasteiger partial charge in [0.05, 0.1) is 24.1 Å². The van der Waals surface area contributed by atoms with E-state index in [1.807, 2.05) is 19.2 Å². The zero-order chi connectivity index (χ0) is 12.0. The fourth-order valence-electron chi connectivity index (χ4n) is 1.20. The third-order valence-corrected chi connectivity index (χ3v) is 2.14. The molecule has 90 valence electrons. The minimum atomic E-state index is -0.681. The predicted molar refractivity (Wildman–Crippen MR) is 63.4 cm³/mol. The second-order valence-electron chi connectivity index (χ2n) is 4.43. The number of hydrogen-bond donors (Lipinski definition) is 2. The second kappa shape index (κ2) is 5.82. The molecule has 4 heteroatoms. The number of nitrogens with one attached hydrogen (secondary N) is 1. The van der Waals surface area contributed by atoms with Gasteiger partial charge in [-0.1, -0.05) is 0 Å². The summed E-state index contributed by atoms with van der Waals surface area (Å²) >= 11 is 0. The molecule has 1 aromatic rings. The van der Waals surface area contributed by atoms with Crippen molar-refractivity contribution in [1.29, 1.82) is 0 Å². The van der Waals surface area contributed by atoms with Crippen LogP contribution in [0.2, 0.25) is 0 Å². The van der Waals surface area contributed by atoms with Gasteiger partial charge < -0.3 is 15.2 Å². The van der Waals surface area contributed by atoms with E-state index in [0.29, 0.717) is 13.0 Å². The summed E-state index contributed by atoms with van der Waals surface area (Å²) in [6.07, 6.45) is 2.31. The lowest BCUT2D eigenvalue weighted by atomic mass is 10.1. The van der Waals surface area contributed by atoms with E-state index in [4.69, 9.17) is 4.74 Å². The number of pyridine rings is 1. The Kier molecular flexibility index (Phi) is 4.71. The monoisotopic (exact) mass is 224 g/mol. The molecule has 0 aromatic carbocycles. The van der Waals surface area contributed by atoms with E-state index >= 15 is 0 Å². The lowest BCUT2D eigenvalue weighted by Gasteiger charge is -2.16. The lowest BCUT2D eigenvalue weighted by molar-refractivity contribution is 0.0553. The lowest BCUT2D eigenvalue weighted by Crippen LogP contribution is -2.21. The molecule has 0 unspecified atom stereocenters. The zero-order valence-corrected chi connectivity index (χ0v) is 10.2. The highest BCUT2D eigenvalue weighted by Crippen LogP contribution is 2.12. The van der Waals surface area contributed by atoms with Crippen LogP contribution < -0.4 is 10.1 Å². The van der Waals surface area contributed by atoms with Crippen LogP contribution in [-0.2, 0) is 6.54 Å². The first kappa shape index (κ1) is 12.9. The van der Waals surface area contributed by atoms with Crippen LogP contribution in [0.5, 0.6) is 5.75 Å². The Bertz CT molecular complexity index is 304. The Balaban J connectivity index is 2.37. The fourth-order valence-corrected chi connectivity index (χ4v) is 1.20. The molecule has 1 aromatic heterocycles. The molecule has 1 heterocycles. The molecular formula is C12H20N2O2. The molecule has 0 aliphatic rings. The van der Waals surface area contributed by atoms with Crippen LogP contribution in [0.4, 0.5) is 0 Å². The molecule has 0 saturated carbocycles. The first-order valence-corrected chi connectivity index (χ1v) is 5.46. The summed E-state index contributed by atoms with van der Waals surface area (Å²) in [6, 6.07) is 3.82. The molecular weight excluding hydrogens is 204 g/mol. The van der Waals surface area contributed by atoms with E-state index in [0.717, 1.165) is 18.0 Å². The van der Waals surface area contributed by atoms with Gasteiger partial charge in [0.1, 0.15) is 5.75 Å². The summed E-state index contributed by atoms with van der Waals surface area (Å²) < 4.78 is 5.47. The average molecular weight is 224 g/mol. The number of aliphatic hydroxyl groups is 1. The van der Waals surface area contributed by atoms with Crippen molar-refractivity contribution in [1.82, 2.24) is 10.3 Å². The molecule has 0 atom stereocenters. The normalized spacial score (nSPS) is 11.5. The smallest absolute Gasteiger partial charge is 0.137 e. The van der Waals surface area contributed by atoms with Gasteiger partial charge in [0.15, 0.2) is 0 Å². The number of rotatable bonds is 6. The van der Waals surface area contributed by atoms with Gasteiger partial charge in [0.2, 0.25) is 0 Å². The maximum absolute atomic E-state index is 9.51. The van der Waals surface area contributed by atoms with Gasteiger partial charge in [0.25, 0.3) is 0 Å². The van der Waals surface area contributed by atoms with Gasteiger partial charge in [-0.25, -0.2) is 0 Å². The number of hydrogen-bond acceptors (Lipinski definition) is 4. The third-order valence-electron chi connectivity index (χ3n) is 2.14. The van der Waals surface area contributed by atoms with E-state index < -0.39 is 5.60 Å². The van der Waals surface area contributed by atoms with Crippen molar-refractivity contribution in [3.05, 3.63) is 24.0 Å². The highest BCUT2D eigenvalue weighted by atomic mass is 16.5. The predicted octanol–water partition coefficient (Wildman–Crippen LogP) is 1.34. The molecule has 0 aliphatic carbocycles. The van der Waals surface area contributed by atoms with Crippen molar-refractivity contribution in [3.63, 3.8) is 0 Å². The minimum absolute atomic E-state index is 0.497. The Hall–Kier alpha value is -1.13. The van der Waals surface area contributed by atoms with Crippen LogP contribution in [0.1, 0.15) is 26.0 Å². The standard InChI is InChI=1S/C12H20N2O2/c1-12(2,15)6-7-16-11-5-4-10(8-13-3)14-9-11/h4-5,9,13,15H,6-8H2,1-3H3. The zero-order valence-electron chi connectivity index (χ0n) is 10.2. The van der Waals surface area contributed by atoms with Crippen LogP contribution in [0, 0.1) is 0 Å². The third kappa shape index (κ3) is 5.09. The number of ether oxygens (including phenoxy) is 1. The molecule has 1 rings (SSSR count). The molecule has 0 fully saturated rings. The van der Waals surface area contributed by atoms with Gasteiger partial charge in [0, 0.05) is 13.0 Å². The maximum atomic E-state index is 9.51. The Labute approximate surface area is 96.7 Å². The molecule has 0 aliphatic heterocycles. The van der Waals surface area contributed by atoms with Crippen LogP contribution in [0.25, 0.3) is 0 Å². The molecule has 4 nitrogen and oxygen atoms in total. The first-order chi connectivity index (χ1) is 7.51. The van der Waals surface area contributed by atoms with E-state index in [2.05, 4.69) is 10.3 Å². The molecule has 0 radical (unpaired) electrons. The highest BCUT2D eigenvalue weighted by molar-refractivity contribution is 5.19. The number of aromatic nitrogens is 1. The highest BCUT2D eigenvalue weighted by Gasteiger charge is 2.11. The summed E-state index contributed by atoms with van der Waals surface area (Å²) in [5, 5.41) is 12.5. The fraction of sp³-hybridized carbons (Fsp3) is 0.583. The quantitative estimate of drug-likeness (QED) is 0.765. The van der Waals surface area contributed by atoms with E-state index in [1.54, 1.807) is 20.0 Å². The van der Waals surface area contributed by atoms with Gasteiger partial charge >= 0.3 is 0 Å². The Morgan fingerprint density at radius 2 is 2.19 bits per heavy atom. The van der Waals surface area contributed by atoms with Crippen LogP contribution in [-0.4, -0.2) is 29.3 Å². The van der Waals surface area contributed by atoms with Crippen molar-refractivity contribution in [2.75, 3.05) is 13.7 Å². The SMILES string of the molecule is CNCc1ccc(OCCC(C)(C)O)cn1. The van der Waals surface area contributed by atoms with Gasteiger partial charge in [-0.15, -0.1) is 0 Å². The van der Waals surface area contributed by atoms with E-state index in [1.165, 1.54) is 0 Å². The molecule has 0 saturated heterocycles. The van der Waals surface area contributed by atoms with Crippen LogP contribution >= 0.6 is 0 Å². The van der Waals surface area contributed by atoms with Crippen molar-refractivity contribution in [3.8, 4) is 5.75 Å². The van der Waals surface area contributed by atoms with Gasteiger partial charge in [-0.3, -0.25) is 4.98 Å².